The van der Waals surface area contributed by atoms with Gasteiger partial charge in [0.05, 0.1) is 6.54 Å². The van der Waals surface area contributed by atoms with Gasteiger partial charge in [0, 0.05) is 11.8 Å². The third-order valence-electron chi connectivity index (χ3n) is 1.43. The molecule has 0 saturated heterocycles. The summed E-state index contributed by atoms with van der Waals surface area (Å²) in [5.74, 6) is -4.22. The van der Waals surface area contributed by atoms with Gasteiger partial charge < -0.3 is 10.4 Å². The summed E-state index contributed by atoms with van der Waals surface area (Å²) in [4.78, 5) is 10.9. The minimum absolute atomic E-state index is 0.0799. The summed E-state index contributed by atoms with van der Waals surface area (Å²) in [6.45, 7) is -0.606. The number of amides is 1. The van der Waals surface area contributed by atoms with Crippen molar-refractivity contribution in [1.29, 1.82) is 0 Å². The Morgan fingerprint density at radius 1 is 1.69 bits per heavy atom. The third-order valence-corrected chi connectivity index (χ3v) is 1.89. The smallest absolute Gasteiger partial charge is 0.287 e. The Balaban J connectivity index is 3.83. The Morgan fingerprint density at radius 3 is 2.62 bits per heavy atom. The second-order valence-electron chi connectivity index (χ2n) is 2.79. The van der Waals surface area contributed by atoms with Crippen LogP contribution in [0.5, 0.6) is 0 Å². The number of rotatable bonds is 5. The van der Waals surface area contributed by atoms with Gasteiger partial charge in [0.25, 0.3) is 5.92 Å². The van der Waals surface area contributed by atoms with Crippen LogP contribution >= 0.6 is 11.6 Å². The van der Waals surface area contributed by atoms with Gasteiger partial charge in [-0.25, -0.2) is 8.78 Å². The summed E-state index contributed by atoms with van der Waals surface area (Å²) < 4.78 is 24.8. The number of nitrogens with one attached hydrogen (secondary N) is 1. The SMILES string of the molecule is CC(CCl)C(=O)NCC(F)(F)CO. The first-order valence-electron chi connectivity index (χ1n) is 3.75. The van der Waals surface area contributed by atoms with Crippen molar-refractivity contribution in [3.63, 3.8) is 0 Å². The molecule has 1 unspecified atom stereocenters. The van der Waals surface area contributed by atoms with E-state index < -0.39 is 30.9 Å². The fourth-order valence-electron chi connectivity index (χ4n) is 0.517. The van der Waals surface area contributed by atoms with E-state index in [-0.39, 0.29) is 5.88 Å². The zero-order valence-electron chi connectivity index (χ0n) is 7.19. The fourth-order valence-corrected chi connectivity index (χ4v) is 0.657. The molecule has 0 bridgehead atoms. The summed E-state index contributed by atoms with van der Waals surface area (Å²) in [5.41, 5.74) is 0. The van der Waals surface area contributed by atoms with Gasteiger partial charge in [0.2, 0.25) is 5.91 Å². The van der Waals surface area contributed by atoms with Gasteiger partial charge in [-0.3, -0.25) is 4.79 Å². The molecule has 0 saturated carbocycles. The van der Waals surface area contributed by atoms with Gasteiger partial charge in [0.15, 0.2) is 0 Å². The molecule has 0 aromatic rings. The molecule has 3 nitrogen and oxygen atoms in total. The van der Waals surface area contributed by atoms with E-state index in [1.54, 1.807) is 0 Å². The summed E-state index contributed by atoms with van der Waals surface area (Å²) in [6, 6.07) is 0. The Labute approximate surface area is 80.1 Å². The average molecular weight is 216 g/mol. The number of halogens is 3. The number of aliphatic hydroxyl groups excluding tert-OH is 1. The summed E-state index contributed by atoms with van der Waals surface area (Å²) in [6.07, 6.45) is 0. The van der Waals surface area contributed by atoms with Crippen LogP contribution in [0.1, 0.15) is 6.92 Å². The molecule has 13 heavy (non-hydrogen) atoms. The first-order chi connectivity index (χ1) is 5.93. The van der Waals surface area contributed by atoms with Crippen LogP contribution in [0, 0.1) is 5.92 Å². The average Bonchev–Trinajstić information content (AvgIpc) is 2.13. The molecular formula is C7H12ClF2NO2. The van der Waals surface area contributed by atoms with E-state index in [4.69, 9.17) is 16.7 Å². The molecule has 6 heteroatoms. The van der Waals surface area contributed by atoms with Crippen molar-refractivity contribution < 1.29 is 18.7 Å². The molecule has 2 N–H and O–H groups in total. The van der Waals surface area contributed by atoms with Gasteiger partial charge >= 0.3 is 0 Å². The van der Waals surface area contributed by atoms with Crippen LogP contribution in [0.25, 0.3) is 0 Å². The Bertz CT molecular complexity index is 178. The highest BCUT2D eigenvalue weighted by molar-refractivity contribution is 6.19. The minimum atomic E-state index is -3.26. The molecule has 0 aliphatic rings. The number of alkyl halides is 3. The highest BCUT2D eigenvalue weighted by Crippen LogP contribution is 2.10. The molecule has 0 heterocycles. The summed E-state index contributed by atoms with van der Waals surface area (Å²) in [7, 11) is 0. The second kappa shape index (κ2) is 5.34. The topological polar surface area (TPSA) is 49.3 Å². The van der Waals surface area contributed by atoms with E-state index in [0.717, 1.165) is 0 Å². The molecule has 78 valence electrons. The lowest BCUT2D eigenvalue weighted by molar-refractivity contribution is -0.126. The van der Waals surface area contributed by atoms with E-state index in [1.165, 1.54) is 6.92 Å². The molecule has 1 amide bonds. The molecule has 1 atom stereocenters. The van der Waals surface area contributed by atoms with Crippen LogP contribution in [-0.4, -0.2) is 36.0 Å². The van der Waals surface area contributed by atoms with E-state index in [2.05, 4.69) is 0 Å². The quantitative estimate of drug-likeness (QED) is 0.660. The maximum Gasteiger partial charge on any atom is 0.287 e. The van der Waals surface area contributed by atoms with Crippen molar-refractivity contribution in [3.8, 4) is 0 Å². The van der Waals surface area contributed by atoms with Crippen molar-refractivity contribution in [3.05, 3.63) is 0 Å². The normalized spacial score (nSPS) is 13.9. The Kier molecular flexibility index (Phi) is 5.17. The largest absolute Gasteiger partial charge is 0.390 e. The van der Waals surface area contributed by atoms with Crippen LogP contribution in [0.15, 0.2) is 0 Å². The number of carbonyl (C=O) groups excluding carboxylic acids is 1. The van der Waals surface area contributed by atoms with Crippen molar-refractivity contribution in [2.24, 2.45) is 5.92 Å². The van der Waals surface area contributed by atoms with Crippen LogP contribution in [0.3, 0.4) is 0 Å². The van der Waals surface area contributed by atoms with Crippen molar-refractivity contribution >= 4 is 17.5 Å². The van der Waals surface area contributed by atoms with Gasteiger partial charge in [0.1, 0.15) is 6.61 Å². The summed E-state index contributed by atoms with van der Waals surface area (Å²) in [5, 5.41) is 10.2. The zero-order chi connectivity index (χ0) is 10.5. The van der Waals surface area contributed by atoms with Crippen molar-refractivity contribution in [2.75, 3.05) is 19.0 Å². The maximum atomic E-state index is 12.4. The van der Waals surface area contributed by atoms with E-state index in [0.29, 0.717) is 0 Å². The molecule has 0 spiro atoms. The van der Waals surface area contributed by atoms with Gasteiger partial charge in [-0.1, -0.05) is 6.92 Å². The molecule has 0 fully saturated rings. The molecule has 0 aromatic carbocycles. The van der Waals surface area contributed by atoms with E-state index in [1.807, 2.05) is 5.32 Å². The Morgan fingerprint density at radius 2 is 2.23 bits per heavy atom. The lowest BCUT2D eigenvalue weighted by Crippen LogP contribution is -2.41. The van der Waals surface area contributed by atoms with Gasteiger partial charge in [-0.2, -0.15) is 0 Å². The maximum absolute atomic E-state index is 12.4. The van der Waals surface area contributed by atoms with Crippen LogP contribution in [0.2, 0.25) is 0 Å². The first kappa shape index (κ1) is 12.6. The lowest BCUT2D eigenvalue weighted by atomic mass is 10.2. The lowest BCUT2D eigenvalue weighted by Gasteiger charge is -2.15. The van der Waals surface area contributed by atoms with Crippen molar-refractivity contribution in [1.82, 2.24) is 5.32 Å². The number of hydrogen-bond donors (Lipinski definition) is 2. The number of aliphatic hydroxyl groups is 1. The summed E-state index contributed by atoms with van der Waals surface area (Å²) >= 11 is 5.33. The highest BCUT2D eigenvalue weighted by Gasteiger charge is 2.28. The van der Waals surface area contributed by atoms with Crippen molar-refractivity contribution in [2.45, 2.75) is 12.8 Å². The van der Waals surface area contributed by atoms with Crippen LogP contribution in [-0.2, 0) is 4.79 Å². The van der Waals surface area contributed by atoms with Crippen LogP contribution < -0.4 is 5.32 Å². The standard InChI is InChI=1S/C7H12ClF2NO2/c1-5(2-8)6(13)11-3-7(9,10)4-12/h5,12H,2-4H2,1H3,(H,11,13). The molecular weight excluding hydrogens is 204 g/mol. The number of carbonyl (C=O) groups is 1. The minimum Gasteiger partial charge on any atom is -0.390 e. The van der Waals surface area contributed by atoms with E-state index >= 15 is 0 Å². The molecule has 0 rings (SSSR count). The first-order valence-corrected chi connectivity index (χ1v) is 4.29. The fraction of sp³-hybridized carbons (Fsp3) is 0.857. The molecule has 0 aliphatic carbocycles. The zero-order valence-corrected chi connectivity index (χ0v) is 7.94. The number of hydrogen-bond acceptors (Lipinski definition) is 2. The van der Waals surface area contributed by atoms with Crippen LogP contribution in [0.4, 0.5) is 8.78 Å². The molecule has 0 aliphatic heterocycles. The van der Waals surface area contributed by atoms with E-state index in [9.17, 15) is 13.6 Å². The monoisotopic (exact) mass is 215 g/mol. The van der Waals surface area contributed by atoms with Gasteiger partial charge in [-0.05, 0) is 0 Å². The highest BCUT2D eigenvalue weighted by atomic mass is 35.5. The second-order valence-corrected chi connectivity index (χ2v) is 3.10. The predicted octanol–water partition coefficient (Wildman–Crippen LogP) is 0.605. The third kappa shape index (κ3) is 5.00. The molecule has 0 radical (unpaired) electrons. The Hall–Kier alpha value is -0.420. The molecule has 0 aromatic heterocycles. The van der Waals surface area contributed by atoms with Gasteiger partial charge in [-0.15, -0.1) is 11.6 Å². The predicted molar refractivity (Wildman–Crippen MR) is 44.9 cm³/mol.